The minimum Gasteiger partial charge on any atom is -0.384 e. The number of aliphatic hydroxyl groups is 1. The summed E-state index contributed by atoms with van der Waals surface area (Å²) in [5.74, 6) is 0.995. The second-order valence-electron chi connectivity index (χ2n) is 5.22. The molecule has 1 aliphatic rings. The van der Waals surface area contributed by atoms with Crippen molar-refractivity contribution in [2.75, 3.05) is 5.73 Å². The lowest BCUT2D eigenvalue weighted by molar-refractivity contribution is -0.0382. The topological polar surface area (TPSA) is 149 Å². The molecule has 20 heavy (non-hydrogen) atoms. The van der Waals surface area contributed by atoms with Gasteiger partial charge in [-0.1, -0.05) is 5.11 Å². The molecule has 1 fully saturated rings. The van der Waals surface area contributed by atoms with E-state index in [9.17, 15) is 5.11 Å². The molecule has 1 atom stereocenters. The van der Waals surface area contributed by atoms with Crippen LogP contribution in [0.5, 0.6) is 0 Å². The fourth-order valence-electron chi connectivity index (χ4n) is 2.50. The van der Waals surface area contributed by atoms with Crippen LogP contribution in [-0.2, 0) is 0 Å². The second-order valence-corrected chi connectivity index (χ2v) is 5.22. The van der Waals surface area contributed by atoms with E-state index in [1.165, 1.54) is 13.3 Å². The first-order chi connectivity index (χ1) is 9.51. The first-order valence-corrected chi connectivity index (χ1v) is 6.26. The third-order valence-corrected chi connectivity index (χ3v) is 3.85. The smallest absolute Gasteiger partial charge is 0.183 e. The summed E-state index contributed by atoms with van der Waals surface area (Å²) in [6.45, 7) is 1.51. The van der Waals surface area contributed by atoms with Gasteiger partial charge in [0.05, 0.1) is 6.33 Å². The van der Waals surface area contributed by atoms with Gasteiger partial charge in [0, 0.05) is 10.8 Å². The van der Waals surface area contributed by atoms with Crippen LogP contribution in [-0.4, -0.2) is 30.8 Å². The van der Waals surface area contributed by atoms with E-state index in [0.29, 0.717) is 35.6 Å². The maximum absolute atomic E-state index is 9.99. The van der Waals surface area contributed by atoms with E-state index in [1.807, 2.05) is 0 Å². The first kappa shape index (κ1) is 12.6. The molecule has 0 saturated heterocycles. The summed E-state index contributed by atoms with van der Waals surface area (Å²) in [6.07, 6.45) is 2.83. The molecule has 3 rings (SSSR count). The van der Waals surface area contributed by atoms with Gasteiger partial charge in [0.1, 0.15) is 17.1 Å². The minimum absolute atomic E-state index is 0.0943. The Kier molecular flexibility index (Phi) is 2.73. The maximum Gasteiger partial charge on any atom is 0.183 e. The number of anilines is 1. The highest BCUT2D eigenvalue weighted by Crippen LogP contribution is 2.46. The molecule has 0 bridgehead atoms. The van der Waals surface area contributed by atoms with Gasteiger partial charge in [0.25, 0.3) is 0 Å². The summed E-state index contributed by atoms with van der Waals surface area (Å²) in [7, 11) is 0. The van der Waals surface area contributed by atoms with Gasteiger partial charge < -0.3 is 15.8 Å². The highest BCUT2D eigenvalue weighted by atomic mass is 16.3. The normalized spacial score (nSPS) is 24.7. The average Bonchev–Trinajstić information content (AvgIpc) is 2.74. The fraction of sp³-hybridized carbons (Fsp3) is 0.545. The van der Waals surface area contributed by atoms with Crippen LogP contribution < -0.4 is 5.73 Å². The number of nitrogen functional groups attached to an aromatic ring is 1. The van der Waals surface area contributed by atoms with Crippen LogP contribution in [0.25, 0.3) is 21.6 Å². The molecule has 0 aromatic carbocycles. The zero-order valence-electron chi connectivity index (χ0n) is 10.9. The molecular formula is C11H14N8O. The molecule has 1 unspecified atom stereocenters. The Hall–Kier alpha value is -2.38. The number of hydrogen-bond acceptors (Lipinski definition) is 6. The number of imidazole rings is 1. The highest BCUT2D eigenvalue weighted by Gasteiger charge is 2.43. The predicted octanol–water partition coefficient (Wildman–Crippen LogP) is 1.45. The lowest BCUT2D eigenvalue weighted by atomic mass is 9.69. The van der Waals surface area contributed by atoms with Crippen LogP contribution in [0.4, 0.5) is 5.82 Å². The Bertz CT molecular complexity index is 696. The number of aromatic amines is 1. The minimum atomic E-state index is -1.37. The average molecular weight is 274 g/mol. The van der Waals surface area contributed by atoms with Crippen LogP contribution in [0.2, 0.25) is 0 Å². The van der Waals surface area contributed by atoms with E-state index in [1.54, 1.807) is 0 Å². The van der Waals surface area contributed by atoms with Crippen molar-refractivity contribution in [3.8, 4) is 0 Å². The number of hydrogen-bond donors (Lipinski definition) is 3. The Morgan fingerprint density at radius 3 is 3.00 bits per heavy atom. The van der Waals surface area contributed by atoms with E-state index >= 15 is 0 Å². The Balaban J connectivity index is 1.80. The van der Waals surface area contributed by atoms with E-state index < -0.39 is 5.72 Å². The summed E-state index contributed by atoms with van der Waals surface area (Å²) < 4.78 is 0. The number of nitrogens with one attached hydrogen (secondary N) is 1. The molecular weight excluding hydrogens is 260 g/mol. The van der Waals surface area contributed by atoms with Crippen molar-refractivity contribution in [3.63, 3.8) is 0 Å². The molecule has 9 nitrogen and oxygen atoms in total. The van der Waals surface area contributed by atoms with Crippen LogP contribution in [0.15, 0.2) is 11.4 Å². The number of azide groups is 1. The van der Waals surface area contributed by atoms with Crippen molar-refractivity contribution in [1.29, 1.82) is 0 Å². The zero-order valence-corrected chi connectivity index (χ0v) is 10.9. The van der Waals surface area contributed by atoms with E-state index in [2.05, 4.69) is 30.0 Å². The molecule has 0 aliphatic heterocycles. The molecule has 2 aromatic heterocycles. The molecule has 0 radical (unpaired) electrons. The van der Waals surface area contributed by atoms with Crippen molar-refractivity contribution in [3.05, 3.63) is 22.6 Å². The molecule has 1 aliphatic carbocycles. The van der Waals surface area contributed by atoms with Crippen molar-refractivity contribution in [2.45, 2.75) is 31.4 Å². The van der Waals surface area contributed by atoms with Crippen molar-refractivity contribution in [1.82, 2.24) is 19.9 Å². The van der Waals surface area contributed by atoms with E-state index in [-0.39, 0.29) is 11.8 Å². The molecule has 0 amide bonds. The number of nitrogens with zero attached hydrogens (tertiary/aromatic N) is 6. The fourth-order valence-corrected chi connectivity index (χ4v) is 2.50. The van der Waals surface area contributed by atoms with Crippen LogP contribution in [0.3, 0.4) is 0 Å². The second kappa shape index (κ2) is 4.32. The SMILES string of the molecule is CC(O)(N=[N+]=[N-])C1CC(c2nc(N)c3[nH]cnc3n2)C1. The van der Waals surface area contributed by atoms with Crippen LogP contribution in [0, 0.1) is 5.92 Å². The molecule has 0 spiro atoms. The lowest BCUT2D eigenvalue weighted by Crippen LogP contribution is -2.40. The summed E-state index contributed by atoms with van der Waals surface area (Å²) in [5, 5.41) is 13.4. The Morgan fingerprint density at radius 2 is 2.30 bits per heavy atom. The number of rotatable bonds is 3. The zero-order chi connectivity index (χ0) is 14.3. The van der Waals surface area contributed by atoms with Crippen molar-refractivity contribution in [2.24, 2.45) is 11.0 Å². The summed E-state index contributed by atoms with van der Waals surface area (Å²) in [4.78, 5) is 18.3. The predicted molar refractivity (Wildman–Crippen MR) is 71.3 cm³/mol. The van der Waals surface area contributed by atoms with Gasteiger partial charge in [-0.05, 0) is 31.2 Å². The molecule has 2 aromatic rings. The number of nitrogens with two attached hydrogens (primary N) is 1. The number of fused-ring (bicyclic) bond motifs is 1. The largest absolute Gasteiger partial charge is 0.384 e. The monoisotopic (exact) mass is 274 g/mol. The Labute approximate surface area is 113 Å². The third kappa shape index (κ3) is 1.93. The quantitative estimate of drug-likeness (QED) is 0.439. The molecule has 1 saturated carbocycles. The first-order valence-electron chi connectivity index (χ1n) is 6.26. The van der Waals surface area contributed by atoms with Gasteiger partial charge >= 0.3 is 0 Å². The van der Waals surface area contributed by atoms with Crippen LogP contribution >= 0.6 is 0 Å². The third-order valence-electron chi connectivity index (χ3n) is 3.85. The van der Waals surface area contributed by atoms with Gasteiger partial charge in [-0.25, -0.2) is 15.0 Å². The van der Waals surface area contributed by atoms with E-state index in [0.717, 1.165) is 0 Å². The Morgan fingerprint density at radius 1 is 1.55 bits per heavy atom. The number of aromatic nitrogens is 4. The van der Waals surface area contributed by atoms with Gasteiger partial charge in [-0.2, -0.15) is 0 Å². The molecule has 2 heterocycles. The molecule has 104 valence electrons. The maximum atomic E-state index is 9.99. The summed E-state index contributed by atoms with van der Waals surface area (Å²) in [6, 6.07) is 0. The van der Waals surface area contributed by atoms with Gasteiger partial charge in [0.15, 0.2) is 11.5 Å². The van der Waals surface area contributed by atoms with Gasteiger partial charge in [-0.3, -0.25) is 0 Å². The van der Waals surface area contributed by atoms with Gasteiger partial charge in [-0.15, -0.1) is 0 Å². The van der Waals surface area contributed by atoms with Gasteiger partial charge in [0.2, 0.25) is 0 Å². The molecule has 9 heteroatoms. The summed E-state index contributed by atoms with van der Waals surface area (Å²) in [5.41, 5.74) is 14.1. The van der Waals surface area contributed by atoms with E-state index in [4.69, 9.17) is 11.3 Å². The summed E-state index contributed by atoms with van der Waals surface area (Å²) >= 11 is 0. The molecule has 4 N–H and O–H groups in total. The lowest BCUT2D eigenvalue weighted by Gasteiger charge is -2.41. The highest BCUT2D eigenvalue weighted by molar-refractivity contribution is 5.80. The number of H-pyrrole nitrogens is 1. The van der Waals surface area contributed by atoms with Crippen molar-refractivity contribution < 1.29 is 5.11 Å². The van der Waals surface area contributed by atoms with Crippen LogP contribution in [0.1, 0.15) is 31.5 Å². The van der Waals surface area contributed by atoms with Crippen molar-refractivity contribution >= 4 is 17.0 Å². The standard InChI is InChI=1S/C11H14N8O/c1-11(20,18-19-13)6-2-5(3-6)9-16-8(12)7-10(17-9)15-4-14-7/h4-6,20H,2-3H2,1H3,(H3,12,14,15,16,17).